The second kappa shape index (κ2) is 14.2. The molecule has 0 fully saturated rings. The second-order valence-electron chi connectivity index (χ2n) is 13.7. The summed E-state index contributed by atoms with van der Waals surface area (Å²) < 4.78 is 5.83. The molecule has 55 heavy (non-hydrogen) atoms. The van der Waals surface area contributed by atoms with Gasteiger partial charge in [-0.2, -0.15) is 0 Å². The number of fused-ring (bicyclic) bond motifs is 7. The number of hydrogen-bond acceptors (Lipinski definition) is 0. The lowest BCUT2D eigenvalue weighted by molar-refractivity contribution is 1.18. The van der Waals surface area contributed by atoms with Crippen molar-refractivity contribution >= 4 is 82.5 Å². The first-order valence-electron chi connectivity index (χ1n) is 19.2. The van der Waals surface area contributed by atoms with Gasteiger partial charge in [0, 0.05) is 37.4 Å². The van der Waals surface area contributed by atoms with E-state index < -0.39 is 0 Å². The fraction of sp³-hybridized carbons (Fsp3) is 0.0769. The van der Waals surface area contributed by atoms with Crippen molar-refractivity contribution in [2.45, 2.75) is 27.7 Å². The Morgan fingerprint density at radius 3 is 1.09 bits per heavy atom. The maximum Gasteiger partial charge on any atom is 0.0541 e. The lowest BCUT2D eigenvalue weighted by Crippen LogP contribution is -2.29. The average molecular weight is 774 g/mol. The van der Waals surface area contributed by atoms with Crippen LogP contribution in [0.2, 0.25) is 0 Å². The van der Waals surface area contributed by atoms with Crippen molar-refractivity contribution in [2.75, 3.05) is 0 Å². The van der Waals surface area contributed by atoms with Crippen LogP contribution < -0.4 is 10.4 Å². The van der Waals surface area contributed by atoms with E-state index in [1.165, 1.54) is 87.1 Å². The van der Waals surface area contributed by atoms with Crippen molar-refractivity contribution in [3.8, 4) is 33.6 Å². The zero-order valence-corrected chi connectivity index (χ0v) is 33.1. The minimum absolute atomic E-state index is 1.07. The van der Waals surface area contributed by atoms with Crippen LogP contribution in [-0.4, -0.2) is 9.13 Å². The molecule has 0 aliphatic heterocycles. The topological polar surface area (TPSA) is 9.86 Å². The van der Waals surface area contributed by atoms with Crippen LogP contribution in [0.25, 0.3) is 100 Å². The predicted molar refractivity (Wildman–Crippen MR) is 242 cm³/mol. The fourth-order valence-corrected chi connectivity index (χ4v) is 9.04. The van der Waals surface area contributed by atoms with Crippen LogP contribution in [0, 0.1) is 0 Å². The van der Waals surface area contributed by atoms with E-state index in [1.54, 1.807) is 0 Å². The first-order chi connectivity index (χ1) is 27.1. The lowest BCUT2D eigenvalue weighted by Gasteiger charge is -2.17. The van der Waals surface area contributed by atoms with Gasteiger partial charge in [-0.15, -0.1) is 0 Å². The fourth-order valence-electron chi connectivity index (χ4n) is 8.68. The zero-order chi connectivity index (χ0) is 37.6. The molecule has 2 heterocycles. The highest BCUT2D eigenvalue weighted by molar-refractivity contribution is 9.10. The third kappa shape index (κ3) is 5.53. The van der Waals surface area contributed by atoms with Crippen molar-refractivity contribution in [3.05, 3.63) is 179 Å². The molecule has 0 amide bonds. The Balaban J connectivity index is 0.00000195. The standard InChI is InChI=1S/C50H35BrN2.C2H6/c1-3-37-38(4-2)50(33-23-28-36(29-24-33)53-47-19-11-7-15-41(47)42-16-8-12-20-48(42)53)44-31-34(51)25-30-43(44)49(37)32-21-26-35(27-22-32)52-45-17-9-5-13-39(45)40-14-6-10-18-46(40)52;1-2/h3-31H,1-2H3;1-2H3/b37-3+,38-4+;. The van der Waals surface area contributed by atoms with Crippen LogP contribution in [0.3, 0.4) is 0 Å². The number of rotatable bonds is 4. The van der Waals surface area contributed by atoms with E-state index in [1.807, 2.05) is 13.8 Å². The molecule has 0 radical (unpaired) electrons. The highest BCUT2D eigenvalue weighted by Crippen LogP contribution is 2.37. The van der Waals surface area contributed by atoms with Crippen molar-refractivity contribution in [3.63, 3.8) is 0 Å². The number of nitrogens with zero attached hydrogens (tertiary/aromatic N) is 2. The largest absolute Gasteiger partial charge is 0.309 e. The molecule has 2 aromatic heterocycles. The summed E-state index contributed by atoms with van der Waals surface area (Å²) in [6, 6.07) is 59.8. The van der Waals surface area contributed by atoms with E-state index in [2.05, 4.69) is 215 Å². The number of hydrogen-bond donors (Lipinski definition) is 0. The molecular formula is C52H41BrN2. The number of aromatic nitrogens is 2. The van der Waals surface area contributed by atoms with Crippen LogP contribution in [0.1, 0.15) is 27.7 Å². The lowest BCUT2D eigenvalue weighted by atomic mass is 9.88. The summed E-state index contributed by atoms with van der Waals surface area (Å²) in [5.74, 6) is 0. The van der Waals surface area contributed by atoms with Crippen LogP contribution in [-0.2, 0) is 0 Å². The van der Waals surface area contributed by atoms with E-state index in [9.17, 15) is 0 Å². The Labute approximate surface area is 330 Å². The van der Waals surface area contributed by atoms with Gasteiger partial charge in [-0.3, -0.25) is 0 Å². The highest BCUT2D eigenvalue weighted by atomic mass is 79.9. The zero-order valence-electron chi connectivity index (χ0n) is 31.5. The Kier molecular flexibility index (Phi) is 8.96. The number of halogens is 1. The Morgan fingerprint density at radius 1 is 0.382 bits per heavy atom. The molecule has 0 bridgehead atoms. The van der Waals surface area contributed by atoms with Crippen molar-refractivity contribution < 1.29 is 0 Å². The molecule has 0 unspecified atom stereocenters. The summed E-state index contributed by atoms with van der Waals surface area (Å²) in [7, 11) is 0. The van der Waals surface area contributed by atoms with E-state index in [4.69, 9.17) is 0 Å². The van der Waals surface area contributed by atoms with Gasteiger partial charge in [0.1, 0.15) is 0 Å². The third-order valence-corrected chi connectivity index (χ3v) is 11.4. The SMILES string of the molecule is C/C=c1/c(-c2ccc(-n3c4ccccc4c4ccccc43)cc2)c2ccc(Br)cc2c(-c2ccc(-n3c4ccccc4c4ccccc43)cc2)/c1=C/C.CC. The van der Waals surface area contributed by atoms with Crippen LogP contribution >= 0.6 is 15.9 Å². The second-order valence-corrected chi connectivity index (χ2v) is 14.6. The minimum Gasteiger partial charge on any atom is -0.309 e. The molecule has 0 aliphatic carbocycles. The molecule has 0 aliphatic rings. The van der Waals surface area contributed by atoms with Gasteiger partial charge in [-0.1, -0.05) is 145 Å². The van der Waals surface area contributed by atoms with Gasteiger partial charge in [0.2, 0.25) is 0 Å². The molecule has 0 N–H and O–H groups in total. The van der Waals surface area contributed by atoms with E-state index in [0.29, 0.717) is 0 Å². The van der Waals surface area contributed by atoms with Crippen molar-refractivity contribution in [1.29, 1.82) is 0 Å². The number of para-hydroxylation sites is 4. The van der Waals surface area contributed by atoms with Gasteiger partial charge < -0.3 is 9.13 Å². The Bertz CT molecular complexity index is 3070. The van der Waals surface area contributed by atoms with Gasteiger partial charge in [0.15, 0.2) is 0 Å². The van der Waals surface area contributed by atoms with Gasteiger partial charge in [0.25, 0.3) is 0 Å². The first-order valence-corrected chi connectivity index (χ1v) is 20.0. The molecule has 8 aromatic carbocycles. The molecule has 3 heteroatoms. The van der Waals surface area contributed by atoms with Crippen LogP contribution in [0.15, 0.2) is 168 Å². The highest BCUT2D eigenvalue weighted by Gasteiger charge is 2.17. The summed E-state index contributed by atoms with van der Waals surface area (Å²) in [5, 5.41) is 10.0. The first kappa shape index (κ1) is 34.6. The van der Waals surface area contributed by atoms with Gasteiger partial charge in [-0.25, -0.2) is 0 Å². The van der Waals surface area contributed by atoms with Crippen LogP contribution in [0.5, 0.6) is 0 Å². The molecule has 0 saturated carbocycles. The van der Waals surface area contributed by atoms with Gasteiger partial charge >= 0.3 is 0 Å². The monoisotopic (exact) mass is 772 g/mol. The van der Waals surface area contributed by atoms with E-state index >= 15 is 0 Å². The smallest absolute Gasteiger partial charge is 0.0541 e. The van der Waals surface area contributed by atoms with Gasteiger partial charge in [-0.05, 0) is 118 Å². The molecular weight excluding hydrogens is 732 g/mol. The molecule has 10 rings (SSSR count). The van der Waals surface area contributed by atoms with E-state index in [-0.39, 0.29) is 0 Å². The molecule has 0 atom stereocenters. The average Bonchev–Trinajstić information content (AvgIpc) is 3.77. The summed E-state index contributed by atoms with van der Waals surface area (Å²) in [6.45, 7) is 8.33. The van der Waals surface area contributed by atoms with E-state index in [0.717, 1.165) is 15.8 Å². The summed E-state index contributed by atoms with van der Waals surface area (Å²) >= 11 is 3.83. The molecule has 2 nitrogen and oxygen atoms in total. The summed E-state index contributed by atoms with van der Waals surface area (Å²) in [6.07, 6.45) is 4.56. The van der Waals surface area contributed by atoms with Crippen LogP contribution in [0.4, 0.5) is 0 Å². The summed E-state index contributed by atoms with van der Waals surface area (Å²) in [4.78, 5) is 0. The molecule has 10 aromatic rings. The quantitative estimate of drug-likeness (QED) is 0.169. The van der Waals surface area contributed by atoms with Gasteiger partial charge in [0.05, 0.1) is 22.1 Å². The Morgan fingerprint density at radius 2 is 0.727 bits per heavy atom. The third-order valence-electron chi connectivity index (χ3n) is 10.9. The normalized spacial score (nSPS) is 12.3. The maximum absolute atomic E-state index is 3.83. The van der Waals surface area contributed by atoms with Crippen molar-refractivity contribution in [2.24, 2.45) is 0 Å². The minimum atomic E-state index is 1.07. The maximum atomic E-state index is 3.83. The predicted octanol–water partition coefficient (Wildman–Crippen LogP) is 13.8. The summed E-state index contributed by atoms with van der Waals surface area (Å²) in [5.41, 5.74) is 12.1. The van der Waals surface area contributed by atoms with Crippen molar-refractivity contribution in [1.82, 2.24) is 9.13 Å². The molecule has 0 saturated heterocycles. The Hall–Kier alpha value is -6.16. The molecule has 266 valence electrons. The number of benzene rings is 8. The molecule has 0 spiro atoms.